The van der Waals surface area contributed by atoms with Crippen molar-refractivity contribution in [2.45, 2.75) is 45.3 Å². The highest BCUT2D eigenvalue weighted by molar-refractivity contribution is 5.81. The van der Waals surface area contributed by atoms with Crippen LogP contribution >= 0.6 is 0 Å². The number of hydrogen-bond acceptors (Lipinski definition) is 4. The maximum Gasteiger partial charge on any atom is 0.236 e. The van der Waals surface area contributed by atoms with Crippen LogP contribution in [0.4, 0.5) is 0 Å². The molecule has 0 saturated carbocycles. The Balaban J connectivity index is 1.84. The van der Waals surface area contributed by atoms with Crippen LogP contribution in [-0.2, 0) is 4.79 Å². The first-order valence-corrected chi connectivity index (χ1v) is 9.13. The van der Waals surface area contributed by atoms with Gasteiger partial charge in [-0.3, -0.25) is 4.79 Å². The molecule has 4 unspecified atom stereocenters. The van der Waals surface area contributed by atoms with Crippen LogP contribution in [0.15, 0.2) is 36.0 Å². The summed E-state index contributed by atoms with van der Waals surface area (Å²) < 4.78 is 0. The molecule has 0 radical (unpaired) electrons. The van der Waals surface area contributed by atoms with Gasteiger partial charge >= 0.3 is 0 Å². The van der Waals surface area contributed by atoms with Crippen molar-refractivity contribution in [1.29, 1.82) is 0 Å². The molecule has 4 N–H and O–H groups in total. The number of hydrogen-bond donors (Lipinski definition) is 3. The van der Waals surface area contributed by atoms with Crippen LogP contribution in [0.1, 0.15) is 27.2 Å². The highest BCUT2D eigenvalue weighted by Gasteiger charge is 2.32. The molecule has 5 nitrogen and oxygen atoms in total. The summed E-state index contributed by atoms with van der Waals surface area (Å²) in [6.07, 6.45) is 11.4. The third-order valence-corrected chi connectivity index (χ3v) is 5.03. The first-order chi connectivity index (χ1) is 11.6. The van der Waals surface area contributed by atoms with Gasteiger partial charge in [-0.15, -0.1) is 0 Å². The van der Waals surface area contributed by atoms with Crippen molar-refractivity contribution in [2.24, 2.45) is 11.7 Å². The van der Waals surface area contributed by atoms with Crippen LogP contribution in [0.25, 0.3) is 0 Å². The Labute approximate surface area is 146 Å². The van der Waals surface area contributed by atoms with Gasteiger partial charge in [-0.05, 0) is 32.0 Å². The molecule has 5 heteroatoms. The minimum atomic E-state index is -0.224. The van der Waals surface area contributed by atoms with Gasteiger partial charge in [0.1, 0.15) is 0 Å². The largest absolute Gasteiger partial charge is 0.353 e. The average Bonchev–Trinajstić information content (AvgIpc) is 2.59. The Hall–Kier alpha value is -1.43. The van der Waals surface area contributed by atoms with E-state index in [2.05, 4.69) is 47.6 Å². The Bertz CT molecular complexity index is 507. The number of carbonyl (C=O) groups excluding carboxylic acids is 1. The van der Waals surface area contributed by atoms with Crippen LogP contribution < -0.4 is 16.4 Å². The predicted molar refractivity (Wildman–Crippen MR) is 99.6 cm³/mol. The van der Waals surface area contributed by atoms with E-state index in [1.165, 1.54) is 5.57 Å². The highest BCUT2D eigenvalue weighted by atomic mass is 16.2. The number of rotatable bonds is 8. The van der Waals surface area contributed by atoms with Gasteiger partial charge in [0.25, 0.3) is 0 Å². The molecular weight excluding hydrogens is 300 g/mol. The fourth-order valence-electron chi connectivity index (χ4n) is 3.51. The molecule has 134 valence electrons. The molecule has 4 atom stereocenters. The first-order valence-electron chi connectivity index (χ1n) is 9.13. The van der Waals surface area contributed by atoms with Crippen molar-refractivity contribution in [3.05, 3.63) is 36.0 Å². The number of fused-ring (bicyclic) bond motifs is 1. The summed E-state index contributed by atoms with van der Waals surface area (Å²) >= 11 is 0. The van der Waals surface area contributed by atoms with Gasteiger partial charge < -0.3 is 21.3 Å². The molecular formula is C19H32N4O. The maximum absolute atomic E-state index is 12.3. The molecule has 0 heterocycles. The van der Waals surface area contributed by atoms with Crippen molar-refractivity contribution in [1.82, 2.24) is 15.5 Å². The second kappa shape index (κ2) is 9.16. The van der Waals surface area contributed by atoms with Gasteiger partial charge in [0.15, 0.2) is 0 Å². The molecule has 1 amide bonds. The lowest BCUT2D eigenvalue weighted by Crippen LogP contribution is -2.53. The van der Waals surface area contributed by atoms with E-state index in [1.54, 1.807) is 0 Å². The zero-order valence-electron chi connectivity index (χ0n) is 15.2. The number of nitrogens with two attached hydrogens (primary N) is 1. The van der Waals surface area contributed by atoms with E-state index in [9.17, 15) is 4.79 Å². The summed E-state index contributed by atoms with van der Waals surface area (Å²) in [7, 11) is 0. The third-order valence-electron chi connectivity index (χ3n) is 5.03. The first kappa shape index (κ1) is 18.9. The number of carbonyl (C=O) groups is 1. The van der Waals surface area contributed by atoms with Crippen LogP contribution in [0.5, 0.6) is 0 Å². The third kappa shape index (κ3) is 4.79. The maximum atomic E-state index is 12.3. The van der Waals surface area contributed by atoms with Gasteiger partial charge in [0, 0.05) is 31.1 Å². The molecule has 0 spiro atoms. The monoisotopic (exact) mass is 332 g/mol. The van der Waals surface area contributed by atoms with E-state index >= 15 is 0 Å². The van der Waals surface area contributed by atoms with E-state index in [4.69, 9.17) is 5.73 Å². The molecule has 0 aliphatic heterocycles. The van der Waals surface area contributed by atoms with Crippen LogP contribution in [0.3, 0.4) is 0 Å². The van der Waals surface area contributed by atoms with Gasteiger partial charge in [0.2, 0.25) is 5.91 Å². The molecule has 2 aliphatic carbocycles. The smallest absolute Gasteiger partial charge is 0.236 e. The molecule has 0 saturated heterocycles. The fraction of sp³-hybridized carbons (Fsp3) is 0.632. The van der Waals surface area contributed by atoms with Crippen molar-refractivity contribution >= 4 is 5.91 Å². The fourth-order valence-corrected chi connectivity index (χ4v) is 3.51. The lowest BCUT2D eigenvalue weighted by Gasteiger charge is -2.37. The second-order valence-electron chi connectivity index (χ2n) is 6.61. The molecule has 2 rings (SSSR count). The molecule has 0 aromatic heterocycles. The topological polar surface area (TPSA) is 70.4 Å². The standard InChI is InChI=1S/C19H32N4O/c1-4-23(5-2)13-12-21-19(24)14(3)22-17-11-7-9-15-8-6-10-16(20)18(15)17/h6-10,14,16-18,22H,4-5,11-13,20H2,1-3H3,(H,21,24). The quantitative estimate of drug-likeness (QED) is 0.624. The second-order valence-corrected chi connectivity index (χ2v) is 6.61. The minimum absolute atomic E-state index is 0.00498. The van der Waals surface area contributed by atoms with Crippen LogP contribution in [-0.4, -0.2) is 55.1 Å². The normalized spacial score (nSPS) is 26.9. The number of nitrogens with one attached hydrogen (secondary N) is 2. The summed E-state index contributed by atoms with van der Waals surface area (Å²) in [6, 6.07) is -0.0207. The van der Waals surface area contributed by atoms with Gasteiger partial charge in [0.05, 0.1) is 6.04 Å². The molecule has 0 fully saturated rings. The van der Waals surface area contributed by atoms with Crippen molar-refractivity contribution in [3.63, 3.8) is 0 Å². The van der Waals surface area contributed by atoms with E-state index in [1.807, 2.05) is 19.1 Å². The Morgan fingerprint density at radius 1 is 1.42 bits per heavy atom. The minimum Gasteiger partial charge on any atom is -0.353 e. The highest BCUT2D eigenvalue weighted by Crippen LogP contribution is 2.30. The Morgan fingerprint density at radius 3 is 2.88 bits per heavy atom. The van der Waals surface area contributed by atoms with Gasteiger partial charge in [-0.25, -0.2) is 0 Å². The molecule has 24 heavy (non-hydrogen) atoms. The van der Waals surface area contributed by atoms with Crippen LogP contribution in [0.2, 0.25) is 0 Å². The summed E-state index contributed by atoms with van der Waals surface area (Å²) in [5.74, 6) is 0.299. The zero-order valence-corrected chi connectivity index (χ0v) is 15.2. The number of nitrogens with zero attached hydrogens (tertiary/aromatic N) is 1. The SMILES string of the molecule is CCN(CC)CCNC(=O)C(C)NC1CC=CC2=CC=CC(N)C21. The molecule has 0 bridgehead atoms. The molecule has 2 aliphatic rings. The van der Waals surface area contributed by atoms with E-state index in [0.717, 1.165) is 26.1 Å². The Morgan fingerprint density at radius 2 is 2.17 bits per heavy atom. The predicted octanol–water partition coefficient (Wildman–Crippen LogP) is 1.19. The Kier molecular flexibility index (Phi) is 7.21. The van der Waals surface area contributed by atoms with E-state index in [0.29, 0.717) is 6.54 Å². The van der Waals surface area contributed by atoms with Crippen LogP contribution in [0, 0.1) is 5.92 Å². The summed E-state index contributed by atoms with van der Waals surface area (Å²) in [5, 5.41) is 6.52. The van der Waals surface area contributed by atoms with Crippen molar-refractivity contribution in [3.8, 4) is 0 Å². The van der Waals surface area contributed by atoms with Crippen molar-refractivity contribution < 1.29 is 4.79 Å². The summed E-state index contributed by atoms with van der Waals surface area (Å²) in [4.78, 5) is 14.6. The van der Waals surface area contributed by atoms with E-state index in [-0.39, 0.29) is 30.0 Å². The summed E-state index contributed by atoms with van der Waals surface area (Å²) in [6.45, 7) is 9.81. The zero-order chi connectivity index (χ0) is 17.5. The molecule has 0 aromatic carbocycles. The average molecular weight is 332 g/mol. The van der Waals surface area contributed by atoms with Crippen molar-refractivity contribution in [2.75, 3.05) is 26.2 Å². The lowest BCUT2D eigenvalue weighted by molar-refractivity contribution is -0.123. The lowest BCUT2D eigenvalue weighted by atomic mass is 9.77. The van der Waals surface area contributed by atoms with Gasteiger partial charge in [-0.2, -0.15) is 0 Å². The van der Waals surface area contributed by atoms with E-state index < -0.39 is 0 Å². The number of likely N-dealkylation sites (N-methyl/N-ethyl adjacent to an activating group) is 1. The summed E-state index contributed by atoms with van der Waals surface area (Å²) in [5.41, 5.74) is 7.52. The number of allylic oxidation sites excluding steroid dienone is 3. The van der Waals surface area contributed by atoms with Gasteiger partial charge in [-0.1, -0.05) is 44.2 Å². The number of amides is 1. The molecule has 0 aromatic rings.